The van der Waals surface area contributed by atoms with Crippen LogP contribution in [0, 0.1) is 0 Å². The zero-order valence-corrected chi connectivity index (χ0v) is 17.8. The number of methoxy groups -OCH3 is 1. The van der Waals surface area contributed by atoms with Crippen molar-refractivity contribution in [1.29, 1.82) is 0 Å². The molecule has 1 fully saturated rings. The highest BCUT2D eigenvalue weighted by Gasteiger charge is 2.46. The molecule has 0 amide bonds. The molecule has 6 nitrogen and oxygen atoms in total. The average molecular weight is 481 g/mol. The van der Waals surface area contributed by atoms with E-state index in [1.165, 1.54) is 20.2 Å². The van der Waals surface area contributed by atoms with Gasteiger partial charge in [-0.1, -0.05) is 6.07 Å². The van der Waals surface area contributed by atoms with E-state index < -0.39 is 43.9 Å². The number of hydrogen-bond acceptors (Lipinski definition) is 6. The minimum Gasteiger partial charge on any atom is -0.481 e. The second-order valence-electron chi connectivity index (χ2n) is 7.44. The van der Waals surface area contributed by atoms with E-state index in [1.54, 1.807) is 0 Å². The van der Waals surface area contributed by atoms with Crippen molar-refractivity contribution in [2.45, 2.75) is 48.3 Å². The Morgan fingerprint density at radius 1 is 1.25 bits per heavy atom. The molecule has 0 aliphatic carbocycles. The molecule has 2 unspecified atom stereocenters. The van der Waals surface area contributed by atoms with Crippen LogP contribution >= 0.6 is 0 Å². The lowest BCUT2D eigenvalue weighted by Gasteiger charge is -2.38. The van der Waals surface area contributed by atoms with Gasteiger partial charge in [-0.25, -0.2) is 13.4 Å². The highest BCUT2D eigenvalue weighted by Crippen LogP contribution is 2.45. The summed E-state index contributed by atoms with van der Waals surface area (Å²) in [5.41, 5.74) is -1.01. The molecule has 176 valence electrons. The van der Waals surface area contributed by atoms with Crippen LogP contribution in [0.5, 0.6) is 11.6 Å². The number of pyridine rings is 1. The lowest BCUT2D eigenvalue weighted by molar-refractivity contribution is -0.137. The van der Waals surface area contributed by atoms with E-state index in [2.05, 4.69) is 9.72 Å². The third kappa shape index (κ3) is 4.80. The fourth-order valence-electron chi connectivity index (χ4n) is 3.52. The summed E-state index contributed by atoms with van der Waals surface area (Å²) in [6.07, 6.45) is -4.73. The van der Waals surface area contributed by atoms with Crippen molar-refractivity contribution >= 4 is 9.84 Å². The van der Waals surface area contributed by atoms with Gasteiger partial charge in [0.2, 0.25) is 5.88 Å². The Bertz CT molecular complexity index is 1080. The Morgan fingerprint density at radius 2 is 1.97 bits per heavy atom. The van der Waals surface area contributed by atoms with Crippen LogP contribution in [-0.4, -0.2) is 38.5 Å². The largest absolute Gasteiger partial charge is 0.481 e. The van der Waals surface area contributed by atoms with Crippen LogP contribution in [0.15, 0.2) is 41.4 Å². The molecule has 2 heterocycles. The first-order chi connectivity index (χ1) is 14.9. The molecule has 0 spiro atoms. The number of benzene rings is 1. The van der Waals surface area contributed by atoms with Gasteiger partial charge in [0.1, 0.15) is 5.75 Å². The van der Waals surface area contributed by atoms with Crippen molar-refractivity contribution in [1.82, 2.24) is 4.98 Å². The lowest BCUT2D eigenvalue weighted by atomic mass is 9.93. The number of alkyl halides is 5. The van der Waals surface area contributed by atoms with E-state index in [0.29, 0.717) is 6.07 Å². The highest BCUT2D eigenvalue weighted by molar-refractivity contribution is 7.92. The van der Waals surface area contributed by atoms with Gasteiger partial charge in [-0.3, -0.25) is 0 Å². The quantitative estimate of drug-likeness (QED) is 0.552. The van der Waals surface area contributed by atoms with Gasteiger partial charge < -0.3 is 14.2 Å². The van der Waals surface area contributed by atoms with Gasteiger partial charge in [0.25, 0.3) is 0 Å². The first-order valence-corrected chi connectivity index (χ1v) is 10.9. The Labute approximate surface area is 181 Å². The minimum absolute atomic E-state index is 0.000409. The van der Waals surface area contributed by atoms with Gasteiger partial charge in [0.15, 0.2) is 9.84 Å². The van der Waals surface area contributed by atoms with Gasteiger partial charge in [0.05, 0.1) is 28.4 Å². The van der Waals surface area contributed by atoms with Crippen LogP contribution in [0.3, 0.4) is 0 Å². The monoisotopic (exact) mass is 481 g/mol. The number of nitrogens with zero attached hydrogens (tertiary/aromatic N) is 1. The van der Waals surface area contributed by atoms with E-state index in [-0.39, 0.29) is 36.6 Å². The number of aromatic nitrogens is 1. The van der Waals surface area contributed by atoms with Crippen LogP contribution in [-0.2, 0) is 20.8 Å². The normalized spacial score (nSPS) is 22.1. The van der Waals surface area contributed by atoms with Crippen molar-refractivity contribution in [3.63, 3.8) is 0 Å². The van der Waals surface area contributed by atoms with Crippen LogP contribution in [0.4, 0.5) is 22.0 Å². The number of ether oxygens (including phenoxy) is 3. The Hall–Kier alpha value is -2.47. The number of halogens is 5. The van der Waals surface area contributed by atoms with Crippen LogP contribution in [0.2, 0.25) is 0 Å². The molecule has 1 aromatic carbocycles. The highest BCUT2D eigenvalue weighted by atomic mass is 32.2. The molecular weight excluding hydrogens is 461 g/mol. The van der Waals surface area contributed by atoms with Crippen LogP contribution < -0.4 is 9.47 Å². The maximum Gasteiger partial charge on any atom is 0.416 e. The minimum atomic E-state index is -4.71. The van der Waals surface area contributed by atoms with Gasteiger partial charge in [-0.05, 0) is 38.0 Å². The van der Waals surface area contributed by atoms with E-state index >= 15 is 0 Å². The molecule has 3 rings (SSSR count). The van der Waals surface area contributed by atoms with Gasteiger partial charge >= 0.3 is 12.8 Å². The molecule has 12 heteroatoms. The second kappa shape index (κ2) is 8.81. The third-order valence-electron chi connectivity index (χ3n) is 5.33. The van der Waals surface area contributed by atoms with Crippen molar-refractivity contribution in [3.05, 3.63) is 47.7 Å². The predicted molar refractivity (Wildman–Crippen MR) is 102 cm³/mol. The summed E-state index contributed by atoms with van der Waals surface area (Å²) in [6, 6.07) is 4.62. The summed E-state index contributed by atoms with van der Waals surface area (Å²) < 4.78 is 105. The first kappa shape index (κ1) is 24.2. The number of hydrogen-bond donors (Lipinski definition) is 0. The molecule has 1 aromatic heterocycles. The summed E-state index contributed by atoms with van der Waals surface area (Å²) in [6.45, 7) is -1.84. The molecule has 2 aromatic rings. The Balaban J connectivity index is 1.98. The average Bonchev–Trinajstić information content (AvgIpc) is 2.72. The summed E-state index contributed by atoms with van der Waals surface area (Å²) in [5, 5.41) is 0. The van der Waals surface area contributed by atoms with E-state index in [0.717, 1.165) is 24.3 Å². The molecule has 0 N–H and O–H groups in total. The molecule has 1 aliphatic rings. The summed E-state index contributed by atoms with van der Waals surface area (Å²) >= 11 is 0. The predicted octanol–water partition coefficient (Wildman–Crippen LogP) is 4.79. The van der Waals surface area contributed by atoms with Crippen LogP contribution in [0.25, 0.3) is 0 Å². The SMILES string of the molecule is COc1cc(OC(F)F)c(C2CC(C)(S(=O)(=O)c3cccc(C(F)(F)F)c3)CCO2)cn1. The maximum absolute atomic E-state index is 13.3. The van der Waals surface area contributed by atoms with Crippen LogP contribution in [0.1, 0.15) is 37.0 Å². The standard InChI is InChI=1S/C20H20F5NO5S/c1-19(32(27,28)13-5-3-4-12(8-13)20(23,24)25)6-7-30-16(10-19)14-11-26-17(29-2)9-15(14)31-18(21)22/h3-5,8-9,11,16,18H,6-7,10H2,1-2H3. The van der Waals surface area contributed by atoms with Crippen molar-refractivity contribution in [2.24, 2.45) is 0 Å². The van der Waals surface area contributed by atoms with Gasteiger partial charge in [0, 0.05) is 24.4 Å². The maximum atomic E-state index is 13.3. The summed E-state index contributed by atoms with van der Waals surface area (Å²) in [4.78, 5) is 3.47. The van der Waals surface area contributed by atoms with E-state index in [4.69, 9.17) is 9.47 Å². The van der Waals surface area contributed by atoms with Crippen molar-refractivity contribution in [3.8, 4) is 11.6 Å². The number of sulfone groups is 1. The molecular formula is C20H20F5NO5S. The van der Waals surface area contributed by atoms with Gasteiger partial charge in [-0.15, -0.1) is 0 Å². The molecule has 2 atom stereocenters. The Kier molecular flexibility index (Phi) is 6.66. The second-order valence-corrected chi connectivity index (χ2v) is 9.90. The van der Waals surface area contributed by atoms with E-state index in [1.807, 2.05) is 0 Å². The number of rotatable bonds is 6. The molecule has 0 radical (unpaired) electrons. The third-order valence-corrected chi connectivity index (χ3v) is 7.87. The fourth-order valence-corrected chi connectivity index (χ4v) is 5.35. The lowest BCUT2D eigenvalue weighted by Crippen LogP contribution is -2.42. The Morgan fingerprint density at radius 3 is 2.59 bits per heavy atom. The zero-order valence-electron chi connectivity index (χ0n) is 17.0. The molecule has 1 aliphatic heterocycles. The van der Waals surface area contributed by atoms with Gasteiger partial charge in [-0.2, -0.15) is 22.0 Å². The first-order valence-electron chi connectivity index (χ1n) is 9.39. The molecule has 0 bridgehead atoms. The fraction of sp³-hybridized carbons (Fsp3) is 0.450. The molecule has 0 saturated carbocycles. The summed E-state index contributed by atoms with van der Waals surface area (Å²) in [7, 11) is -2.97. The topological polar surface area (TPSA) is 74.7 Å². The van der Waals surface area contributed by atoms with Crippen molar-refractivity contribution < 1.29 is 44.6 Å². The summed E-state index contributed by atoms with van der Waals surface area (Å²) in [5.74, 6) is -0.294. The molecule has 32 heavy (non-hydrogen) atoms. The molecule has 1 saturated heterocycles. The zero-order chi connectivity index (χ0) is 23.7. The smallest absolute Gasteiger partial charge is 0.416 e. The van der Waals surface area contributed by atoms with Crippen molar-refractivity contribution in [2.75, 3.05) is 13.7 Å². The van der Waals surface area contributed by atoms with E-state index in [9.17, 15) is 30.4 Å².